The van der Waals surface area contributed by atoms with Crippen molar-refractivity contribution in [1.29, 1.82) is 0 Å². The van der Waals surface area contributed by atoms with Crippen molar-refractivity contribution < 1.29 is 9.47 Å². The lowest BCUT2D eigenvalue weighted by atomic mass is 10.1. The van der Waals surface area contributed by atoms with E-state index >= 15 is 0 Å². The number of para-hydroxylation sites is 1. The lowest BCUT2D eigenvalue weighted by Gasteiger charge is -2.23. The summed E-state index contributed by atoms with van der Waals surface area (Å²) in [6, 6.07) is 14.0. The third-order valence-corrected chi connectivity index (χ3v) is 3.54. The molecule has 0 aromatic heterocycles. The van der Waals surface area contributed by atoms with Crippen LogP contribution < -0.4 is 20.1 Å². The van der Waals surface area contributed by atoms with Crippen LogP contribution in [0.3, 0.4) is 0 Å². The average molecular weight is 284 g/mol. The monoisotopic (exact) mass is 284 g/mol. The van der Waals surface area contributed by atoms with Crippen LogP contribution >= 0.6 is 0 Å². The Morgan fingerprint density at radius 2 is 2.10 bits per heavy atom. The van der Waals surface area contributed by atoms with Crippen LogP contribution in [0.4, 0.5) is 11.4 Å². The number of rotatable bonds is 3. The van der Waals surface area contributed by atoms with E-state index in [1.54, 1.807) is 0 Å². The van der Waals surface area contributed by atoms with Gasteiger partial charge in [0.25, 0.3) is 0 Å². The standard InChI is InChI=1S/C17H20N2O2/c1-2-20-16-10-14(18)9-15(11-16)19-7-8-21-17-6-4-3-5-13(17)12-19/h3-6,9-11H,2,7-8,12,18H2,1H3. The highest BCUT2D eigenvalue weighted by Crippen LogP contribution is 2.30. The molecule has 1 heterocycles. The zero-order valence-corrected chi connectivity index (χ0v) is 12.2. The first-order valence-corrected chi connectivity index (χ1v) is 7.25. The largest absolute Gasteiger partial charge is 0.494 e. The van der Waals surface area contributed by atoms with E-state index in [1.165, 1.54) is 5.56 Å². The topological polar surface area (TPSA) is 47.7 Å². The molecule has 0 saturated heterocycles. The molecule has 21 heavy (non-hydrogen) atoms. The summed E-state index contributed by atoms with van der Waals surface area (Å²) >= 11 is 0. The Morgan fingerprint density at radius 3 is 2.95 bits per heavy atom. The van der Waals surface area contributed by atoms with Gasteiger partial charge in [-0.3, -0.25) is 0 Å². The van der Waals surface area contributed by atoms with Gasteiger partial charge in [-0.15, -0.1) is 0 Å². The molecule has 0 amide bonds. The molecule has 110 valence electrons. The minimum atomic E-state index is 0.634. The fourth-order valence-electron chi connectivity index (χ4n) is 2.58. The van der Waals surface area contributed by atoms with E-state index in [9.17, 15) is 0 Å². The maximum absolute atomic E-state index is 5.99. The Balaban J connectivity index is 1.90. The minimum Gasteiger partial charge on any atom is -0.494 e. The molecule has 2 aromatic carbocycles. The maximum atomic E-state index is 5.99. The van der Waals surface area contributed by atoms with E-state index < -0.39 is 0 Å². The van der Waals surface area contributed by atoms with Crippen LogP contribution in [0.25, 0.3) is 0 Å². The number of fused-ring (bicyclic) bond motifs is 1. The third-order valence-electron chi connectivity index (χ3n) is 3.54. The highest BCUT2D eigenvalue weighted by atomic mass is 16.5. The number of nitrogens with two attached hydrogens (primary N) is 1. The van der Waals surface area contributed by atoms with Crippen LogP contribution in [-0.2, 0) is 6.54 Å². The van der Waals surface area contributed by atoms with Crippen molar-refractivity contribution >= 4 is 11.4 Å². The highest BCUT2D eigenvalue weighted by Gasteiger charge is 2.16. The van der Waals surface area contributed by atoms with Gasteiger partial charge in [-0.1, -0.05) is 18.2 Å². The van der Waals surface area contributed by atoms with E-state index in [1.807, 2.05) is 43.3 Å². The molecule has 0 atom stereocenters. The Morgan fingerprint density at radius 1 is 1.24 bits per heavy atom. The Bertz CT molecular complexity index is 628. The number of anilines is 2. The molecule has 1 aliphatic rings. The molecule has 4 heteroatoms. The van der Waals surface area contributed by atoms with Crippen molar-refractivity contribution in [1.82, 2.24) is 0 Å². The first-order valence-electron chi connectivity index (χ1n) is 7.25. The molecule has 0 radical (unpaired) electrons. The van der Waals surface area contributed by atoms with Gasteiger partial charge in [0.1, 0.15) is 18.1 Å². The maximum Gasteiger partial charge on any atom is 0.124 e. The zero-order chi connectivity index (χ0) is 14.7. The molecular weight excluding hydrogens is 264 g/mol. The molecule has 0 fully saturated rings. The second-order valence-electron chi connectivity index (χ2n) is 5.07. The van der Waals surface area contributed by atoms with Gasteiger partial charge in [0.2, 0.25) is 0 Å². The fourth-order valence-corrected chi connectivity index (χ4v) is 2.58. The SMILES string of the molecule is CCOc1cc(N)cc(N2CCOc3ccccc3C2)c1. The van der Waals surface area contributed by atoms with Gasteiger partial charge in [0.05, 0.1) is 13.2 Å². The Hall–Kier alpha value is -2.36. The lowest BCUT2D eigenvalue weighted by Crippen LogP contribution is -2.25. The van der Waals surface area contributed by atoms with E-state index in [-0.39, 0.29) is 0 Å². The normalized spacial score (nSPS) is 14.0. The molecule has 3 rings (SSSR count). The predicted molar refractivity (Wildman–Crippen MR) is 85.0 cm³/mol. The number of benzene rings is 2. The van der Waals surface area contributed by atoms with Crippen molar-refractivity contribution in [2.75, 3.05) is 30.4 Å². The van der Waals surface area contributed by atoms with Crippen molar-refractivity contribution in [2.24, 2.45) is 0 Å². The summed E-state index contributed by atoms with van der Waals surface area (Å²) in [5, 5.41) is 0. The molecule has 2 N–H and O–H groups in total. The number of nitrogen functional groups attached to an aromatic ring is 1. The van der Waals surface area contributed by atoms with Crippen molar-refractivity contribution in [3.8, 4) is 11.5 Å². The van der Waals surface area contributed by atoms with Crippen LogP contribution in [0.5, 0.6) is 11.5 Å². The second-order valence-corrected chi connectivity index (χ2v) is 5.07. The molecule has 1 aliphatic heterocycles. The summed E-state index contributed by atoms with van der Waals surface area (Å²) in [5.74, 6) is 1.78. The fraction of sp³-hybridized carbons (Fsp3) is 0.294. The molecule has 0 spiro atoms. The molecule has 0 aliphatic carbocycles. The summed E-state index contributed by atoms with van der Waals surface area (Å²) in [7, 11) is 0. The predicted octanol–water partition coefficient (Wildman–Crippen LogP) is 3.07. The molecule has 0 unspecified atom stereocenters. The van der Waals surface area contributed by atoms with Crippen LogP contribution in [0.1, 0.15) is 12.5 Å². The molecule has 2 aromatic rings. The minimum absolute atomic E-state index is 0.634. The van der Waals surface area contributed by atoms with E-state index in [0.717, 1.165) is 36.0 Å². The smallest absolute Gasteiger partial charge is 0.124 e. The lowest BCUT2D eigenvalue weighted by molar-refractivity contribution is 0.331. The molecule has 0 saturated carbocycles. The number of nitrogens with zero attached hydrogens (tertiary/aromatic N) is 1. The highest BCUT2D eigenvalue weighted by molar-refractivity contribution is 5.61. The van der Waals surface area contributed by atoms with Gasteiger partial charge < -0.3 is 20.1 Å². The van der Waals surface area contributed by atoms with Crippen LogP contribution in [0.15, 0.2) is 42.5 Å². The number of hydrogen-bond donors (Lipinski definition) is 1. The molecular formula is C17H20N2O2. The van der Waals surface area contributed by atoms with Crippen LogP contribution in [0, 0.1) is 0 Å². The summed E-state index contributed by atoms with van der Waals surface area (Å²) in [6.45, 7) is 4.90. The van der Waals surface area contributed by atoms with Crippen molar-refractivity contribution in [3.63, 3.8) is 0 Å². The van der Waals surface area contributed by atoms with Gasteiger partial charge in [0, 0.05) is 35.6 Å². The quantitative estimate of drug-likeness (QED) is 0.880. The van der Waals surface area contributed by atoms with Gasteiger partial charge >= 0.3 is 0 Å². The first-order chi connectivity index (χ1) is 10.3. The number of hydrogen-bond acceptors (Lipinski definition) is 4. The Kier molecular flexibility index (Phi) is 3.86. The van der Waals surface area contributed by atoms with Crippen LogP contribution in [-0.4, -0.2) is 19.8 Å². The summed E-state index contributed by atoms with van der Waals surface area (Å²) in [4.78, 5) is 2.27. The van der Waals surface area contributed by atoms with E-state index in [4.69, 9.17) is 15.2 Å². The summed E-state index contributed by atoms with van der Waals surface area (Å²) in [5.41, 5.74) is 8.97. The van der Waals surface area contributed by atoms with Gasteiger partial charge in [-0.05, 0) is 19.1 Å². The van der Waals surface area contributed by atoms with E-state index in [2.05, 4.69) is 11.0 Å². The number of ether oxygens (including phenoxy) is 2. The van der Waals surface area contributed by atoms with Crippen LogP contribution in [0.2, 0.25) is 0 Å². The zero-order valence-electron chi connectivity index (χ0n) is 12.2. The average Bonchev–Trinajstić information content (AvgIpc) is 2.69. The Labute approximate surface area is 125 Å². The first kappa shape index (κ1) is 13.6. The molecule has 0 bridgehead atoms. The van der Waals surface area contributed by atoms with Gasteiger partial charge in [-0.25, -0.2) is 0 Å². The van der Waals surface area contributed by atoms with Gasteiger partial charge in [0.15, 0.2) is 0 Å². The van der Waals surface area contributed by atoms with Gasteiger partial charge in [-0.2, -0.15) is 0 Å². The summed E-state index contributed by atoms with van der Waals surface area (Å²) < 4.78 is 11.4. The summed E-state index contributed by atoms with van der Waals surface area (Å²) in [6.07, 6.45) is 0. The second kappa shape index (κ2) is 5.95. The molecule has 4 nitrogen and oxygen atoms in total. The van der Waals surface area contributed by atoms with Crippen molar-refractivity contribution in [3.05, 3.63) is 48.0 Å². The van der Waals surface area contributed by atoms with Crippen molar-refractivity contribution in [2.45, 2.75) is 13.5 Å². The third kappa shape index (κ3) is 3.05. The van der Waals surface area contributed by atoms with E-state index in [0.29, 0.717) is 13.2 Å².